The molecule has 0 unspecified atom stereocenters. The third-order valence-electron chi connectivity index (χ3n) is 2.35. The number of nitrogens with two attached hydrogens (primary N) is 2. The molecule has 0 atom stereocenters. The summed E-state index contributed by atoms with van der Waals surface area (Å²) in [6.07, 6.45) is 0. The van der Waals surface area contributed by atoms with Crippen molar-refractivity contribution in [2.24, 2.45) is 11.5 Å². The number of rotatable bonds is 5. The summed E-state index contributed by atoms with van der Waals surface area (Å²) in [5, 5.41) is 0. The van der Waals surface area contributed by atoms with E-state index in [1.54, 1.807) is 24.3 Å². The lowest BCUT2D eigenvalue weighted by Crippen LogP contribution is -2.57. The first-order chi connectivity index (χ1) is 8.72. The fourth-order valence-corrected chi connectivity index (χ4v) is 1.48. The summed E-state index contributed by atoms with van der Waals surface area (Å²) in [5.41, 5.74) is 11.6. The Morgan fingerprint density at radius 2 is 1.17 bits per heavy atom. The van der Waals surface area contributed by atoms with Crippen molar-refractivity contribution >= 4 is 0 Å². The minimum atomic E-state index is -1.37. The van der Waals surface area contributed by atoms with Crippen LogP contribution in [0, 0.1) is 0 Å². The minimum absolute atomic E-state index is 0.0385. The molecule has 0 fully saturated rings. The normalized spacial score (nSPS) is 11.0. The van der Waals surface area contributed by atoms with Crippen LogP contribution in [0.3, 0.4) is 0 Å². The average molecular weight is 244 g/mol. The first-order valence-electron chi connectivity index (χ1n) is 5.69. The van der Waals surface area contributed by atoms with Crippen LogP contribution in [0.5, 0.6) is 11.5 Å². The molecule has 94 valence electrons. The highest BCUT2D eigenvalue weighted by molar-refractivity contribution is 5.24. The summed E-state index contributed by atoms with van der Waals surface area (Å²) in [5.74, 6) is -0.148. The molecule has 2 rings (SSSR count). The van der Waals surface area contributed by atoms with Crippen molar-refractivity contribution in [3.8, 4) is 11.5 Å². The quantitative estimate of drug-likeness (QED) is 0.786. The lowest BCUT2D eigenvalue weighted by molar-refractivity contribution is -0.0999. The highest BCUT2D eigenvalue weighted by Crippen LogP contribution is 2.18. The first-order valence-corrected chi connectivity index (χ1v) is 5.69. The third-order valence-corrected chi connectivity index (χ3v) is 2.35. The first kappa shape index (κ1) is 12.4. The Labute approximate surface area is 106 Å². The van der Waals surface area contributed by atoms with E-state index in [2.05, 4.69) is 0 Å². The van der Waals surface area contributed by atoms with E-state index in [9.17, 15) is 0 Å². The summed E-state index contributed by atoms with van der Waals surface area (Å²) in [7, 11) is 0. The fraction of sp³-hybridized carbons (Fsp3) is 0.143. The van der Waals surface area contributed by atoms with Crippen LogP contribution in [0.1, 0.15) is 0 Å². The van der Waals surface area contributed by atoms with Gasteiger partial charge in [0.05, 0.1) is 6.54 Å². The molecular weight excluding hydrogens is 228 g/mol. The van der Waals surface area contributed by atoms with Crippen molar-refractivity contribution in [1.82, 2.24) is 0 Å². The van der Waals surface area contributed by atoms with E-state index < -0.39 is 5.91 Å². The number of hydrogen-bond acceptors (Lipinski definition) is 4. The van der Waals surface area contributed by atoms with Crippen LogP contribution in [0.2, 0.25) is 0 Å². The molecule has 0 aromatic heterocycles. The highest BCUT2D eigenvalue weighted by atomic mass is 16.7. The molecule has 18 heavy (non-hydrogen) atoms. The number of benzene rings is 2. The maximum atomic E-state index is 5.99. The van der Waals surface area contributed by atoms with Crippen LogP contribution in [-0.4, -0.2) is 12.5 Å². The Morgan fingerprint density at radius 1 is 0.778 bits per heavy atom. The number of para-hydroxylation sites is 2. The van der Waals surface area contributed by atoms with Crippen molar-refractivity contribution < 1.29 is 9.47 Å². The Kier molecular flexibility index (Phi) is 3.82. The summed E-state index contributed by atoms with van der Waals surface area (Å²) < 4.78 is 11.2. The van der Waals surface area contributed by atoms with Gasteiger partial charge in [-0.2, -0.15) is 0 Å². The van der Waals surface area contributed by atoms with Gasteiger partial charge in [0.1, 0.15) is 11.5 Å². The summed E-state index contributed by atoms with van der Waals surface area (Å²) in [6.45, 7) is 0.0385. The van der Waals surface area contributed by atoms with Crippen LogP contribution in [0.4, 0.5) is 0 Å². The number of hydrogen-bond donors (Lipinski definition) is 2. The van der Waals surface area contributed by atoms with Gasteiger partial charge < -0.3 is 15.2 Å². The van der Waals surface area contributed by atoms with Gasteiger partial charge in [-0.15, -0.1) is 0 Å². The lowest BCUT2D eigenvalue weighted by Gasteiger charge is -2.29. The SMILES string of the molecule is NCC(N)(Oc1ccccc1)Oc1ccccc1. The van der Waals surface area contributed by atoms with E-state index in [1.807, 2.05) is 36.4 Å². The minimum Gasteiger partial charge on any atom is -0.439 e. The van der Waals surface area contributed by atoms with Crippen LogP contribution < -0.4 is 20.9 Å². The van der Waals surface area contributed by atoms with Crippen molar-refractivity contribution in [3.63, 3.8) is 0 Å². The molecule has 2 aromatic rings. The molecule has 4 nitrogen and oxygen atoms in total. The molecule has 0 bridgehead atoms. The molecule has 0 spiro atoms. The molecule has 0 saturated carbocycles. The van der Waals surface area contributed by atoms with Crippen molar-refractivity contribution in [3.05, 3.63) is 60.7 Å². The largest absolute Gasteiger partial charge is 0.439 e. The molecule has 0 aliphatic rings. The summed E-state index contributed by atoms with van der Waals surface area (Å²) in [6, 6.07) is 18.4. The van der Waals surface area contributed by atoms with Gasteiger partial charge in [0, 0.05) is 0 Å². The average Bonchev–Trinajstić information content (AvgIpc) is 2.41. The van der Waals surface area contributed by atoms with Crippen LogP contribution in [0.25, 0.3) is 0 Å². The summed E-state index contributed by atoms with van der Waals surface area (Å²) >= 11 is 0. The van der Waals surface area contributed by atoms with Crippen LogP contribution in [-0.2, 0) is 0 Å². The van der Waals surface area contributed by atoms with Gasteiger partial charge in [-0.05, 0) is 24.3 Å². The summed E-state index contributed by atoms with van der Waals surface area (Å²) in [4.78, 5) is 0. The topological polar surface area (TPSA) is 70.5 Å². The Morgan fingerprint density at radius 3 is 1.50 bits per heavy atom. The molecule has 0 amide bonds. The van der Waals surface area contributed by atoms with Gasteiger partial charge in [0.2, 0.25) is 0 Å². The molecule has 0 saturated heterocycles. The zero-order valence-electron chi connectivity index (χ0n) is 9.95. The van der Waals surface area contributed by atoms with Gasteiger partial charge >= 0.3 is 5.91 Å². The molecule has 0 aliphatic carbocycles. The molecular formula is C14H16N2O2. The van der Waals surface area contributed by atoms with E-state index in [0.29, 0.717) is 11.5 Å². The zero-order chi connectivity index (χ0) is 12.8. The second-order valence-corrected chi connectivity index (χ2v) is 3.85. The molecule has 2 aromatic carbocycles. The third kappa shape index (κ3) is 3.23. The molecule has 4 heteroatoms. The van der Waals surface area contributed by atoms with Crippen LogP contribution in [0.15, 0.2) is 60.7 Å². The molecule has 4 N–H and O–H groups in total. The Balaban J connectivity index is 2.11. The number of ether oxygens (including phenoxy) is 2. The van der Waals surface area contributed by atoms with E-state index in [4.69, 9.17) is 20.9 Å². The Bertz CT molecular complexity index is 432. The molecule has 0 aliphatic heterocycles. The van der Waals surface area contributed by atoms with Gasteiger partial charge in [-0.3, -0.25) is 5.73 Å². The lowest BCUT2D eigenvalue weighted by atomic mass is 10.3. The second kappa shape index (κ2) is 5.53. The van der Waals surface area contributed by atoms with Crippen LogP contribution >= 0.6 is 0 Å². The predicted octanol–water partition coefficient (Wildman–Crippen LogP) is 1.72. The van der Waals surface area contributed by atoms with Crippen molar-refractivity contribution in [2.75, 3.05) is 6.54 Å². The molecule has 0 radical (unpaired) electrons. The van der Waals surface area contributed by atoms with Crippen molar-refractivity contribution in [2.45, 2.75) is 5.91 Å². The van der Waals surface area contributed by atoms with E-state index >= 15 is 0 Å². The van der Waals surface area contributed by atoms with Gasteiger partial charge in [0.25, 0.3) is 0 Å². The maximum absolute atomic E-state index is 5.99. The monoisotopic (exact) mass is 244 g/mol. The predicted molar refractivity (Wildman–Crippen MR) is 70.1 cm³/mol. The Hall–Kier alpha value is -2.04. The zero-order valence-corrected chi connectivity index (χ0v) is 9.95. The maximum Gasteiger partial charge on any atom is 0.323 e. The second-order valence-electron chi connectivity index (χ2n) is 3.85. The van der Waals surface area contributed by atoms with E-state index in [-0.39, 0.29) is 6.54 Å². The van der Waals surface area contributed by atoms with E-state index in [0.717, 1.165) is 0 Å². The van der Waals surface area contributed by atoms with Gasteiger partial charge in [0.15, 0.2) is 0 Å². The van der Waals surface area contributed by atoms with Crippen molar-refractivity contribution in [1.29, 1.82) is 0 Å². The molecule has 0 heterocycles. The smallest absolute Gasteiger partial charge is 0.323 e. The van der Waals surface area contributed by atoms with E-state index in [1.165, 1.54) is 0 Å². The van der Waals surface area contributed by atoms with Gasteiger partial charge in [-0.1, -0.05) is 36.4 Å². The standard InChI is InChI=1S/C14H16N2O2/c15-11-14(16,17-12-7-3-1-4-8-12)18-13-9-5-2-6-10-13/h1-10H,11,15-16H2. The highest BCUT2D eigenvalue weighted by Gasteiger charge is 2.28. The fourth-order valence-electron chi connectivity index (χ4n) is 1.48. The van der Waals surface area contributed by atoms with Gasteiger partial charge in [-0.25, -0.2) is 0 Å².